The van der Waals surface area contributed by atoms with Gasteiger partial charge in [0.05, 0.1) is 17.1 Å². The summed E-state index contributed by atoms with van der Waals surface area (Å²) in [7, 11) is -3.01. The van der Waals surface area contributed by atoms with Crippen LogP contribution in [0.5, 0.6) is 0 Å². The third-order valence-corrected chi connectivity index (χ3v) is 5.12. The maximum absolute atomic E-state index is 13.2. The number of nitrogens with zero attached hydrogens (tertiary/aromatic N) is 2. The summed E-state index contributed by atoms with van der Waals surface area (Å²) >= 11 is 0. The predicted molar refractivity (Wildman–Crippen MR) is 105 cm³/mol. The van der Waals surface area contributed by atoms with Crippen molar-refractivity contribution in [3.8, 4) is 16.9 Å². The van der Waals surface area contributed by atoms with Gasteiger partial charge in [0, 0.05) is 36.7 Å². The summed E-state index contributed by atoms with van der Waals surface area (Å²) in [5.74, 6) is -0.216. The molecule has 0 saturated carbocycles. The smallest absolute Gasteiger partial charge is 0.148 e. The Morgan fingerprint density at radius 1 is 1.07 bits per heavy atom. The minimum atomic E-state index is -3.01. The van der Waals surface area contributed by atoms with Gasteiger partial charge < -0.3 is 5.32 Å². The van der Waals surface area contributed by atoms with E-state index in [9.17, 15) is 12.8 Å². The van der Waals surface area contributed by atoms with Crippen molar-refractivity contribution < 1.29 is 12.8 Å². The van der Waals surface area contributed by atoms with E-state index in [0.717, 1.165) is 28.1 Å². The number of hydrogen-bond acceptors (Lipinski definition) is 4. The fourth-order valence-corrected chi connectivity index (χ4v) is 3.22. The highest BCUT2D eigenvalue weighted by Gasteiger charge is 2.13. The molecule has 0 aliphatic rings. The number of benzene rings is 2. The molecule has 0 spiro atoms. The van der Waals surface area contributed by atoms with Gasteiger partial charge in [0.1, 0.15) is 15.7 Å². The van der Waals surface area contributed by atoms with E-state index < -0.39 is 9.84 Å². The predicted octanol–water partition coefficient (Wildman–Crippen LogP) is 3.12. The van der Waals surface area contributed by atoms with E-state index in [1.807, 2.05) is 37.4 Å². The van der Waals surface area contributed by atoms with Crippen LogP contribution in [0.15, 0.2) is 54.7 Å². The van der Waals surface area contributed by atoms with E-state index in [1.165, 1.54) is 18.4 Å². The monoisotopic (exact) mass is 387 g/mol. The Bertz CT molecular complexity index is 1010. The minimum Gasteiger partial charge on any atom is -0.312 e. The number of rotatable bonds is 7. The highest BCUT2D eigenvalue weighted by atomic mass is 32.2. The van der Waals surface area contributed by atoms with Crippen LogP contribution in [0.2, 0.25) is 0 Å². The van der Waals surface area contributed by atoms with Crippen LogP contribution in [-0.2, 0) is 16.4 Å². The van der Waals surface area contributed by atoms with Crippen molar-refractivity contribution in [2.45, 2.75) is 13.5 Å². The first-order valence-corrected chi connectivity index (χ1v) is 10.7. The number of aromatic nitrogens is 2. The van der Waals surface area contributed by atoms with Gasteiger partial charge in [-0.05, 0) is 31.2 Å². The Kier molecular flexibility index (Phi) is 5.72. The Hall–Kier alpha value is -2.51. The largest absolute Gasteiger partial charge is 0.312 e. The minimum absolute atomic E-state index is 0.0823. The molecule has 0 unspecified atom stereocenters. The van der Waals surface area contributed by atoms with Gasteiger partial charge in [-0.1, -0.05) is 29.8 Å². The SMILES string of the molecule is Cc1ccc(-c2nn(-c3ccc(F)cc3)cc2CNCCS(C)(=O)=O)cc1. The molecule has 5 nitrogen and oxygen atoms in total. The molecule has 142 valence electrons. The second kappa shape index (κ2) is 8.02. The van der Waals surface area contributed by atoms with Crippen molar-refractivity contribution in [2.75, 3.05) is 18.6 Å². The quantitative estimate of drug-likeness (QED) is 0.633. The van der Waals surface area contributed by atoms with Crippen LogP contribution in [0.1, 0.15) is 11.1 Å². The van der Waals surface area contributed by atoms with Crippen molar-refractivity contribution in [1.82, 2.24) is 15.1 Å². The highest BCUT2D eigenvalue weighted by Crippen LogP contribution is 2.24. The van der Waals surface area contributed by atoms with Crippen LogP contribution < -0.4 is 5.32 Å². The molecule has 0 saturated heterocycles. The zero-order valence-corrected chi connectivity index (χ0v) is 16.1. The number of sulfone groups is 1. The normalized spacial score (nSPS) is 11.7. The summed E-state index contributed by atoms with van der Waals surface area (Å²) in [6.45, 7) is 2.88. The van der Waals surface area contributed by atoms with E-state index in [0.29, 0.717) is 13.1 Å². The summed E-state index contributed by atoms with van der Waals surface area (Å²) in [6.07, 6.45) is 3.11. The van der Waals surface area contributed by atoms with E-state index in [2.05, 4.69) is 10.4 Å². The summed E-state index contributed by atoms with van der Waals surface area (Å²) in [5, 5.41) is 7.83. The van der Waals surface area contributed by atoms with Crippen molar-refractivity contribution in [3.05, 3.63) is 71.7 Å². The average molecular weight is 387 g/mol. The highest BCUT2D eigenvalue weighted by molar-refractivity contribution is 7.90. The molecule has 0 amide bonds. The number of aryl methyl sites for hydroxylation is 1. The molecule has 2 aromatic carbocycles. The number of hydrogen-bond donors (Lipinski definition) is 1. The molecule has 1 heterocycles. The molecule has 0 atom stereocenters. The summed E-state index contributed by atoms with van der Waals surface area (Å²) in [6, 6.07) is 14.2. The molecule has 3 aromatic rings. The molecule has 0 fully saturated rings. The maximum atomic E-state index is 13.2. The fraction of sp³-hybridized carbons (Fsp3) is 0.250. The Morgan fingerprint density at radius 3 is 2.37 bits per heavy atom. The molecule has 1 aromatic heterocycles. The first kappa shape index (κ1) is 19.3. The lowest BCUT2D eigenvalue weighted by Gasteiger charge is -2.05. The number of nitrogens with one attached hydrogen (secondary N) is 1. The molecular weight excluding hydrogens is 365 g/mol. The van der Waals surface area contributed by atoms with Crippen LogP contribution in [-0.4, -0.2) is 36.8 Å². The maximum Gasteiger partial charge on any atom is 0.148 e. The molecule has 27 heavy (non-hydrogen) atoms. The molecule has 0 aliphatic carbocycles. The zero-order valence-electron chi connectivity index (χ0n) is 15.3. The Balaban J connectivity index is 1.89. The van der Waals surface area contributed by atoms with Crippen molar-refractivity contribution in [1.29, 1.82) is 0 Å². The number of halogens is 1. The van der Waals surface area contributed by atoms with Gasteiger partial charge in [-0.15, -0.1) is 0 Å². The topological polar surface area (TPSA) is 64.0 Å². The van der Waals surface area contributed by atoms with Crippen molar-refractivity contribution in [2.24, 2.45) is 0 Å². The second-order valence-electron chi connectivity index (χ2n) is 6.60. The summed E-state index contributed by atoms with van der Waals surface area (Å²) in [4.78, 5) is 0. The van der Waals surface area contributed by atoms with Crippen LogP contribution in [0.3, 0.4) is 0 Å². The fourth-order valence-electron chi connectivity index (χ4n) is 2.70. The first-order chi connectivity index (χ1) is 12.8. The van der Waals surface area contributed by atoms with Crippen LogP contribution >= 0.6 is 0 Å². The lowest BCUT2D eigenvalue weighted by atomic mass is 10.1. The Morgan fingerprint density at radius 2 is 1.74 bits per heavy atom. The van der Waals surface area contributed by atoms with Crippen LogP contribution in [0, 0.1) is 12.7 Å². The Labute approximate surface area is 158 Å². The zero-order chi connectivity index (χ0) is 19.4. The van der Waals surface area contributed by atoms with E-state index >= 15 is 0 Å². The molecule has 0 aliphatic heterocycles. The lowest BCUT2D eigenvalue weighted by molar-refractivity contribution is 0.596. The molecule has 1 N–H and O–H groups in total. The van der Waals surface area contributed by atoms with E-state index in [1.54, 1.807) is 16.8 Å². The molecule has 0 bridgehead atoms. The third kappa shape index (κ3) is 5.24. The summed E-state index contributed by atoms with van der Waals surface area (Å²) < 4.78 is 37.5. The molecule has 0 radical (unpaired) electrons. The van der Waals surface area contributed by atoms with Gasteiger partial charge in [0.25, 0.3) is 0 Å². The average Bonchev–Trinajstić information content (AvgIpc) is 3.03. The second-order valence-corrected chi connectivity index (χ2v) is 8.86. The van der Waals surface area contributed by atoms with Gasteiger partial charge in [0.15, 0.2) is 0 Å². The summed E-state index contributed by atoms with van der Waals surface area (Å²) in [5.41, 5.74) is 4.64. The molecular formula is C20H22FN3O2S. The third-order valence-electron chi connectivity index (χ3n) is 4.17. The molecule has 7 heteroatoms. The van der Waals surface area contributed by atoms with Gasteiger partial charge in [-0.2, -0.15) is 5.10 Å². The van der Waals surface area contributed by atoms with Gasteiger partial charge >= 0.3 is 0 Å². The first-order valence-electron chi connectivity index (χ1n) is 8.62. The van der Waals surface area contributed by atoms with E-state index in [4.69, 9.17) is 0 Å². The standard InChI is InChI=1S/C20H22FN3O2S/c1-15-3-5-16(6-4-15)20-17(13-22-11-12-27(2,25)26)14-24(23-20)19-9-7-18(21)8-10-19/h3-10,14,22H,11-13H2,1-2H3. The molecule has 3 rings (SSSR count). The lowest BCUT2D eigenvalue weighted by Crippen LogP contribution is -2.22. The van der Waals surface area contributed by atoms with E-state index in [-0.39, 0.29) is 11.6 Å². The van der Waals surface area contributed by atoms with Gasteiger partial charge in [0.2, 0.25) is 0 Å². The van der Waals surface area contributed by atoms with Crippen molar-refractivity contribution >= 4 is 9.84 Å². The van der Waals surface area contributed by atoms with Gasteiger partial charge in [-0.25, -0.2) is 17.5 Å². The van der Waals surface area contributed by atoms with Crippen LogP contribution in [0.25, 0.3) is 16.9 Å². The van der Waals surface area contributed by atoms with Crippen molar-refractivity contribution in [3.63, 3.8) is 0 Å². The van der Waals surface area contributed by atoms with Crippen LogP contribution in [0.4, 0.5) is 4.39 Å². The van der Waals surface area contributed by atoms with Gasteiger partial charge in [-0.3, -0.25) is 0 Å².